The first-order chi connectivity index (χ1) is 9.32. The van der Waals surface area contributed by atoms with Gasteiger partial charge in [-0.25, -0.2) is 13.4 Å². The standard InChI is InChI=1S/C14H21N3O2S/c1-5-10(2)15-9-14-16-12-8-11(20(4,18)19)6-7-13(12)17(14)3/h6-8,10,15H,5,9H2,1-4H3. The Balaban J connectivity index is 2.37. The van der Waals surface area contributed by atoms with Crippen LogP contribution in [0.5, 0.6) is 0 Å². The molecule has 0 aliphatic rings. The van der Waals surface area contributed by atoms with E-state index in [1.807, 2.05) is 17.7 Å². The number of benzene rings is 1. The molecular weight excluding hydrogens is 274 g/mol. The topological polar surface area (TPSA) is 64.0 Å². The van der Waals surface area contributed by atoms with Gasteiger partial charge in [-0.1, -0.05) is 6.92 Å². The summed E-state index contributed by atoms with van der Waals surface area (Å²) in [6.07, 6.45) is 2.27. The molecule has 0 aliphatic carbocycles. The molecule has 0 fully saturated rings. The zero-order valence-corrected chi connectivity index (χ0v) is 13.2. The van der Waals surface area contributed by atoms with Crippen LogP contribution < -0.4 is 5.32 Å². The van der Waals surface area contributed by atoms with Crippen LogP contribution >= 0.6 is 0 Å². The van der Waals surface area contributed by atoms with Crippen molar-refractivity contribution in [2.75, 3.05) is 6.26 Å². The molecule has 0 amide bonds. The quantitative estimate of drug-likeness (QED) is 0.914. The van der Waals surface area contributed by atoms with E-state index < -0.39 is 9.84 Å². The van der Waals surface area contributed by atoms with Crippen molar-refractivity contribution in [3.8, 4) is 0 Å². The Morgan fingerprint density at radius 3 is 2.70 bits per heavy atom. The third kappa shape index (κ3) is 3.02. The first-order valence-electron chi connectivity index (χ1n) is 6.71. The summed E-state index contributed by atoms with van der Waals surface area (Å²) in [6, 6.07) is 5.51. The van der Waals surface area contributed by atoms with Gasteiger partial charge in [0.2, 0.25) is 0 Å². The first kappa shape index (κ1) is 15.0. The van der Waals surface area contributed by atoms with Crippen molar-refractivity contribution in [1.82, 2.24) is 14.9 Å². The van der Waals surface area contributed by atoms with Gasteiger partial charge in [0.15, 0.2) is 9.84 Å². The van der Waals surface area contributed by atoms with Gasteiger partial charge in [0.05, 0.1) is 22.5 Å². The predicted octanol–water partition coefficient (Wildman–Crippen LogP) is 1.86. The SMILES string of the molecule is CCC(C)NCc1nc2cc(S(C)(=O)=O)ccc2n1C. The van der Waals surface area contributed by atoms with Crippen LogP contribution in [0.2, 0.25) is 0 Å². The van der Waals surface area contributed by atoms with Crippen molar-refractivity contribution in [3.63, 3.8) is 0 Å². The lowest BCUT2D eigenvalue weighted by Crippen LogP contribution is -2.25. The molecule has 0 saturated heterocycles. The maximum atomic E-state index is 11.6. The number of sulfone groups is 1. The van der Waals surface area contributed by atoms with Gasteiger partial charge in [-0.05, 0) is 31.5 Å². The van der Waals surface area contributed by atoms with Crippen LogP contribution in [0, 0.1) is 0 Å². The average Bonchev–Trinajstić information content (AvgIpc) is 2.71. The molecule has 5 nitrogen and oxygen atoms in total. The highest BCUT2D eigenvalue weighted by atomic mass is 32.2. The Morgan fingerprint density at radius 1 is 1.40 bits per heavy atom. The molecule has 2 aromatic rings. The lowest BCUT2D eigenvalue weighted by atomic mass is 10.2. The Hall–Kier alpha value is -1.40. The third-order valence-electron chi connectivity index (χ3n) is 3.59. The number of nitrogens with one attached hydrogen (secondary N) is 1. The molecule has 6 heteroatoms. The molecular formula is C14H21N3O2S. The number of rotatable bonds is 5. The normalized spacial score (nSPS) is 13.8. The van der Waals surface area contributed by atoms with E-state index in [9.17, 15) is 8.42 Å². The molecule has 1 N–H and O–H groups in total. The molecule has 20 heavy (non-hydrogen) atoms. The molecule has 1 unspecified atom stereocenters. The first-order valence-corrected chi connectivity index (χ1v) is 8.61. The molecule has 0 aliphatic heterocycles. The van der Waals surface area contributed by atoms with E-state index in [1.165, 1.54) is 6.26 Å². The molecule has 0 radical (unpaired) electrons. The molecule has 110 valence electrons. The fourth-order valence-corrected chi connectivity index (χ4v) is 2.67. The van der Waals surface area contributed by atoms with Crippen LogP contribution in [0.4, 0.5) is 0 Å². The summed E-state index contributed by atoms with van der Waals surface area (Å²) in [5.74, 6) is 0.908. The third-order valence-corrected chi connectivity index (χ3v) is 4.70. The Bertz CT molecular complexity index is 719. The zero-order valence-electron chi connectivity index (χ0n) is 12.3. The lowest BCUT2D eigenvalue weighted by molar-refractivity contribution is 0.517. The second kappa shape index (κ2) is 5.54. The van der Waals surface area contributed by atoms with Crippen molar-refractivity contribution >= 4 is 20.9 Å². The van der Waals surface area contributed by atoms with Gasteiger partial charge in [-0.15, -0.1) is 0 Å². The predicted molar refractivity (Wildman–Crippen MR) is 80.4 cm³/mol. The fourth-order valence-electron chi connectivity index (χ4n) is 2.03. The van der Waals surface area contributed by atoms with E-state index in [1.54, 1.807) is 12.1 Å². The number of hydrogen-bond acceptors (Lipinski definition) is 4. The Morgan fingerprint density at radius 2 is 2.10 bits per heavy atom. The largest absolute Gasteiger partial charge is 0.330 e. The number of imidazole rings is 1. The fraction of sp³-hybridized carbons (Fsp3) is 0.500. The van der Waals surface area contributed by atoms with Gasteiger partial charge >= 0.3 is 0 Å². The molecule has 1 aromatic carbocycles. The van der Waals surface area contributed by atoms with Gasteiger partial charge in [-0.2, -0.15) is 0 Å². The van der Waals surface area contributed by atoms with E-state index in [4.69, 9.17) is 0 Å². The minimum atomic E-state index is -3.19. The highest BCUT2D eigenvalue weighted by Gasteiger charge is 2.12. The van der Waals surface area contributed by atoms with Crippen LogP contribution in [-0.2, 0) is 23.4 Å². The maximum Gasteiger partial charge on any atom is 0.175 e. The number of hydrogen-bond donors (Lipinski definition) is 1. The minimum absolute atomic E-state index is 0.310. The van der Waals surface area contributed by atoms with Gasteiger partial charge in [0, 0.05) is 19.3 Å². The zero-order chi connectivity index (χ0) is 14.9. The van der Waals surface area contributed by atoms with Crippen molar-refractivity contribution in [2.45, 2.75) is 37.8 Å². The van der Waals surface area contributed by atoms with E-state index in [2.05, 4.69) is 24.1 Å². The van der Waals surface area contributed by atoms with Crippen molar-refractivity contribution in [1.29, 1.82) is 0 Å². The van der Waals surface area contributed by atoms with Crippen molar-refractivity contribution in [3.05, 3.63) is 24.0 Å². The van der Waals surface area contributed by atoms with Crippen LogP contribution in [0.1, 0.15) is 26.1 Å². The second-order valence-corrected chi connectivity index (χ2v) is 7.22. The van der Waals surface area contributed by atoms with Crippen LogP contribution in [0.25, 0.3) is 11.0 Å². The summed E-state index contributed by atoms with van der Waals surface area (Å²) in [4.78, 5) is 4.84. The minimum Gasteiger partial charge on any atom is -0.330 e. The summed E-state index contributed by atoms with van der Waals surface area (Å²) in [7, 11) is -1.24. The summed E-state index contributed by atoms with van der Waals surface area (Å²) in [5.41, 5.74) is 1.66. The number of fused-ring (bicyclic) bond motifs is 1. The number of nitrogens with zero attached hydrogens (tertiary/aromatic N) is 2. The number of aryl methyl sites for hydroxylation is 1. The molecule has 1 heterocycles. The maximum absolute atomic E-state index is 11.6. The smallest absolute Gasteiger partial charge is 0.175 e. The van der Waals surface area contributed by atoms with E-state index in [0.717, 1.165) is 23.3 Å². The summed E-state index contributed by atoms with van der Waals surface area (Å²) < 4.78 is 25.1. The molecule has 0 bridgehead atoms. The van der Waals surface area contributed by atoms with Crippen LogP contribution in [0.15, 0.2) is 23.1 Å². The van der Waals surface area contributed by atoms with E-state index in [0.29, 0.717) is 17.5 Å². The number of aromatic nitrogens is 2. The summed E-state index contributed by atoms with van der Waals surface area (Å²) in [5, 5.41) is 3.39. The Labute approximate surface area is 119 Å². The van der Waals surface area contributed by atoms with Crippen molar-refractivity contribution < 1.29 is 8.42 Å². The van der Waals surface area contributed by atoms with Crippen LogP contribution in [0.3, 0.4) is 0 Å². The summed E-state index contributed by atoms with van der Waals surface area (Å²) in [6.45, 7) is 4.93. The molecule has 1 atom stereocenters. The van der Waals surface area contributed by atoms with Gasteiger partial charge < -0.3 is 9.88 Å². The second-order valence-electron chi connectivity index (χ2n) is 5.20. The molecule has 2 rings (SSSR count). The Kier molecular flexibility index (Phi) is 4.15. The van der Waals surface area contributed by atoms with Gasteiger partial charge in [0.1, 0.15) is 5.82 Å². The molecule has 0 saturated carbocycles. The van der Waals surface area contributed by atoms with Crippen molar-refractivity contribution in [2.24, 2.45) is 7.05 Å². The van der Waals surface area contributed by atoms with Gasteiger partial charge in [-0.3, -0.25) is 0 Å². The molecule has 0 spiro atoms. The average molecular weight is 295 g/mol. The van der Waals surface area contributed by atoms with E-state index in [-0.39, 0.29) is 0 Å². The summed E-state index contributed by atoms with van der Waals surface area (Å²) >= 11 is 0. The monoisotopic (exact) mass is 295 g/mol. The van der Waals surface area contributed by atoms with Crippen LogP contribution in [-0.4, -0.2) is 30.3 Å². The lowest BCUT2D eigenvalue weighted by Gasteiger charge is -2.10. The van der Waals surface area contributed by atoms with E-state index >= 15 is 0 Å². The van der Waals surface area contributed by atoms with Gasteiger partial charge in [0.25, 0.3) is 0 Å². The highest BCUT2D eigenvalue weighted by Crippen LogP contribution is 2.19. The molecule has 1 aromatic heterocycles. The highest BCUT2D eigenvalue weighted by molar-refractivity contribution is 7.90.